The second-order valence-corrected chi connectivity index (χ2v) is 5.80. The van der Waals surface area contributed by atoms with Crippen LogP contribution in [-0.2, 0) is 16.6 Å². The van der Waals surface area contributed by atoms with E-state index in [0.717, 1.165) is 17.0 Å². The zero-order valence-corrected chi connectivity index (χ0v) is 11.9. The number of benzene rings is 2. The second-order valence-electron chi connectivity index (χ2n) is 4.24. The molecule has 0 heterocycles. The Bertz CT molecular complexity index is 682. The van der Waals surface area contributed by atoms with Gasteiger partial charge in [0.15, 0.2) is 0 Å². The predicted octanol–water partition coefficient (Wildman–Crippen LogP) is 1.95. The third-order valence-corrected chi connectivity index (χ3v) is 3.77. The van der Waals surface area contributed by atoms with Gasteiger partial charge >= 0.3 is 0 Å². The van der Waals surface area contributed by atoms with Crippen LogP contribution in [0.25, 0.3) is 0 Å². The average molecular weight is 292 g/mol. The fraction of sp³-hybridized carbons (Fsp3) is 0.143. The molecule has 0 radical (unpaired) electrons. The van der Waals surface area contributed by atoms with Crippen molar-refractivity contribution in [1.29, 1.82) is 0 Å². The van der Waals surface area contributed by atoms with Crippen LogP contribution < -0.4 is 15.2 Å². The summed E-state index contributed by atoms with van der Waals surface area (Å²) in [4.78, 5) is 0.110. The van der Waals surface area contributed by atoms with Crippen LogP contribution in [0.1, 0.15) is 5.56 Å². The van der Waals surface area contributed by atoms with E-state index in [2.05, 4.69) is 5.32 Å². The Kier molecular flexibility index (Phi) is 4.26. The number of methoxy groups -OCH3 is 1. The van der Waals surface area contributed by atoms with E-state index in [1.54, 1.807) is 19.2 Å². The summed E-state index contributed by atoms with van der Waals surface area (Å²) >= 11 is 0. The zero-order chi connectivity index (χ0) is 14.6. The Morgan fingerprint density at radius 3 is 2.35 bits per heavy atom. The number of ether oxygens (including phenoxy) is 1. The van der Waals surface area contributed by atoms with E-state index in [1.165, 1.54) is 12.1 Å². The summed E-state index contributed by atoms with van der Waals surface area (Å²) in [5.41, 5.74) is 1.83. The Hall–Kier alpha value is -2.05. The molecule has 0 aliphatic carbocycles. The molecule has 2 aromatic rings. The average Bonchev–Trinajstić information content (AvgIpc) is 2.45. The van der Waals surface area contributed by atoms with Crippen molar-refractivity contribution in [3.63, 3.8) is 0 Å². The van der Waals surface area contributed by atoms with Crippen molar-refractivity contribution in [3.05, 3.63) is 54.1 Å². The van der Waals surface area contributed by atoms with E-state index in [1.807, 2.05) is 24.3 Å². The van der Waals surface area contributed by atoms with Gasteiger partial charge in [-0.05, 0) is 29.8 Å². The van der Waals surface area contributed by atoms with Crippen LogP contribution in [0.4, 0.5) is 5.69 Å². The van der Waals surface area contributed by atoms with Gasteiger partial charge in [-0.25, -0.2) is 13.6 Å². The molecule has 0 aromatic heterocycles. The fourth-order valence-corrected chi connectivity index (χ4v) is 2.30. The first-order valence-electron chi connectivity index (χ1n) is 5.99. The predicted molar refractivity (Wildman–Crippen MR) is 78.1 cm³/mol. The SMILES string of the molecule is COc1ccccc1NCc1ccc(S(N)(=O)=O)cc1. The molecule has 0 spiro atoms. The third-order valence-electron chi connectivity index (χ3n) is 2.84. The number of primary sulfonamides is 1. The zero-order valence-electron chi connectivity index (χ0n) is 11.0. The van der Waals surface area contributed by atoms with Crippen LogP contribution in [0.5, 0.6) is 5.75 Å². The van der Waals surface area contributed by atoms with Crippen molar-refractivity contribution in [2.45, 2.75) is 11.4 Å². The highest BCUT2D eigenvalue weighted by atomic mass is 32.2. The summed E-state index contributed by atoms with van der Waals surface area (Å²) in [6, 6.07) is 14.0. The van der Waals surface area contributed by atoms with E-state index in [0.29, 0.717) is 6.54 Å². The summed E-state index contributed by atoms with van der Waals surface area (Å²) in [6.07, 6.45) is 0. The monoisotopic (exact) mass is 292 g/mol. The summed E-state index contributed by atoms with van der Waals surface area (Å²) in [6.45, 7) is 0.561. The van der Waals surface area contributed by atoms with Gasteiger partial charge in [0, 0.05) is 6.54 Å². The molecule has 0 fully saturated rings. The lowest BCUT2D eigenvalue weighted by atomic mass is 10.2. The lowest BCUT2D eigenvalue weighted by Gasteiger charge is -2.11. The maximum absolute atomic E-state index is 11.2. The number of hydrogen-bond acceptors (Lipinski definition) is 4. The fourth-order valence-electron chi connectivity index (χ4n) is 1.78. The highest BCUT2D eigenvalue weighted by Gasteiger charge is 2.07. The Morgan fingerprint density at radius 1 is 1.10 bits per heavy atom. The van der Waals surface area contributed by atoms with Crippen molar-refractivity contribution in [2.24, 2.45) is 5.14 Å². The molecule has 0 amide bonds. The molecule has 20 heavy (non-hydrogen) atoms. The number of nitrogens with one attached hydrogen (secondary N) is 1. The van der Waals surface area contributed by atoms with Crippen LogP contribution in [-0.4, -0.2) is 15.5 Å². The smallest absolute Gasteiger partial charge is 0.238 e. The molecular formula is C14H16N2O3S. The molecule has 5 nitrogen and oxygen atoms in total. The van der Waals surface area contributed by atoms with Gasteiger partial charge in [0.2, 0.25) is 10.0 Å². The largest absolute Gasteiger partial charge is 0.495 e. The van der Waals surface area contributed by atoms with Crippen molar-refractivity contribution in [3.8, 4) is 5.75 Å². The molecule has 0 unspecified atom stereocenters. The minimum atomic E-state index is -3.64. The summed E-state index contributed by atoms with van der Waals surface area (Å²) in [7, 11) is -2.03. The van der Waals surface area contributed by atoms with Crippen molar-refractivity contribution in [1.82, 2.24) is 0 Å². The quantitative estimate of drug-likeness (QED) is 0.882. The standard InChI is InChI=1S/C14H16N2O3S/c1-19-14-5-3-2-4-13(14)16-10-11-6-8-12(9-7-11)20(15,17)18/h2-9,16H,10H2,1H3,(H2,15,17,18). The van der Waals surface area contributed by atoms with Crippen LogP contribution in [0.2, 0.25) is 0 Å². The lowest BCUT2D eigenvalue weighted by molar-refractivity contribution is 0.416. The van der Waals surface area contributed by atoms with Gasteiger partial charge in [-0.2, -0.15) is 0 Å². The number of sulfonamides is 1. The summed E-state index contributed by atoms with van der Waals surface area (Å²) in [5, 5.41) is 8.28. The van der Waals surface area contributed by atoms with E-state index in [9.17, 15) is 8.42 Å². The molecule has 0 saturated carbocycles. The lowest BCUT2D eigenvalue weighted by Crippen LogP contribution is -2.12. The first kappa shape index (κ1) is 14.4. The highest BCUT2D eigenvalue weighted by Crippen LogP contribution is 2.23. The number of nitrogens with two attached hydrogens (primary N) is 1. The Morgan fingerprint density at radius 2 is 1.75 bits per heavy atom. The van der Waals surface area contributed by atoms with Gasteiger partial charge in [0.05, 0.1) is 17.7 Å². The van der Waals surface area contributed by atoms with Gasteiger partial charge in [-0.1, -0.05) is 24.3 Å². The van der Waals surface area contributed by atoms with Crippen molar-refractivity contribution in [2.75, 3.05) is 12.4 Å². The molecule has 0 aliphatic heterocycles. The van der Waals surface area contributed by atoms with E-state index < -0.39 is 10.0 Å². The molecule has 106 valence electrons. The number of anilines is 1. The molecular weight excluding hydrogens is 276 g/mol. The van der Waals surface area contributed by atoms with Crippen LogP contribution in [0.3, 0.4) is 0 Å². The normalized spacial score (nSPS) is 11.1. The summed E-state index contributed by atoms with van der Waals surface area (Å²) < 4.78 is 27.5. The Balaban J connectivity index is 2.08. The first-order valence-corrected chi connectivity index (χ1v) is 7.54. The van der Waals surface area contributed by atoms with Gasteiger partial charge in [-0.3, -0.25) is 0 Å². The number of para-hydroxylation sites is 2. The van der Waals surface area contributed by atoms with Gasteiger partial charge in [0.1, 0.15) is 5.75 Å². The van der Waals surface area contributed by atoms with Crippen LogP contribution in [0.15, 0.2) is 53.4 Å². The van der Waals surface area contributed by atoms with E-state index >= 15 is 0 Å². The van der Waals surface area contributed by atoms with E-state index in [4.69, 9.17) is 9.88 Å². The molecule has 0 aliphatic rings. The number of rotatable bonds is 5. The molecule has 2 aromatic carbocycles. The highest BCUT2D eigenvalue weighted by molar-refractivity contribution is 7.89. The van der Waals surface area contributed by atoms with Crippen molar-refractivity contribution >= 4 is 15.7 Å². The Labute approximate surface area is 118 Å². The second kappa shape index (κ2) is 5.94. The molecule has 3 N–H and O–H groups in total. The third kappa shape index (κ3) is 3.49. The maximum Gasteiger partial charge on any atom is 0.238 e. The summed E-state index contributed by atoms with van der Waals surface area (Å²) in [5.74, 6) is 0.758. The van der Waals surface area contributed by atoms with Crippen molar-refractivity contribution < 1.29 is 13.2 Å². The molecule has 0 saturated heterocycles. The van der Waals surface area contributed by atoms with Crippen LogP contribution >= 0.6 is 0 Å². The minimum absolute atomic E-state index is 0.110. The first-order chi connectivity index (χ1) is 9.50. The van der Waals surface area contributed by atoms with Crippen LogP contribution in [0, 0.1) is 0 Å². The molecule has 0 bridgehead atoms. The molecule has 2 rings (SSSR count). The van der Waals surface area contributed by atoms with Gasteiger partial charge in [0.25, 0.3) is 0 Å². The minimum Gasteiger partial charge on any atom is -0.495 e. The van der Waals surface area contributed by atoms with E-state index in [-0.39, 0.29) is 4.90 Å². The topological polar surface area (TPSA) is 81.4 Å². The maximum atomic E-state index is 11.2. The molecule has 6 heteroatoms. The number of hydrogen-bond donors (Lipinski definition) is 2. The van der Waals surface area contributed by atoms with Gasteiger partial charge < -0.3 is 10.1 Å². The van der Waals surface area contributed by atoms with Gasteiger partial charge in [-0.15, -0.1) is 0 Å². The molecule has 0 atom stereocenters.